The van der Waals surface area contributed by atoms with Crippen molar-refractivity contribution in [2.75, 3.05) is 0 Å². The molecule has 0 radical (unpaired) electrons. The maximum atomic E-state index is 13.6. The second-order valence-electron chi connectivity index (χ2n) is 5.37. The minimum absolute atomic E-state index is 0.176. The number of aromatic nitrogens is 4. The van der Waals surface area contributed by atoms with E-state index in [1.54, 1.807) is 32.9 Å². The van der Waals surface area contributed by atoms with Crippen molar-refractivity contribution in [3.8, 4) is 11.4 Å². The summed E-state index contributed by atoms with van der Waals surface area (Å²) in [6.45, 7) is 5.15. The largest absolute Gasteiger partial charge is 0.339 e. The maximum absolute atomic E-state index is 13.6. The van der Waals surface area contributed by atoms with Gasteiger partial charge in [0.15, 0.2) is 0 Å². The van der Waals surface area contributed by atoms with Crippen molar-refractivity contribution in [1.29, 1.82) is 0 Å². The lowest BCUT2D eigenvalue weighted by Crippen LogP contribution is -2.18. The van der Waals surface area contributed by atoms with Crippen LogP contribution in [0.1, 0.15) is 28.5 Å². The van der Waals surface area contributed by atoms with Crippen LogP contribution >= 0.6 is 0 Å². The van der Waals surface area contributed by atoms with Gasteiger partial charge in [0.2, 0.25) is 11.7 Å². The summed E-state index contributed by atoms with van der Waals surface area (Å²) in [4.78, 5) is 23.1. The van der Waals surface area contributed by atoms with E-state index in [1.807, 2.05) is 0 Å². The lowest BCUT2D eigenvalue weighted by molar-refractivity contribution is 0.385. The molecule has 0 amide bonds. The van der Waals surface area contributed by atoms with E-state index in [2.05, 4.69) is 20.1 Å². The van der Waals surface area contributed by atoms with Crippen molar-refractivity contribution in [2.45, 2.75) is 27.2 Å². The normalized spacial score (nSPS) is 11.0. The van der Waals surface area contributed by atoms with Crippen LogP contribution in [0.5, 0.6) is 0 Å². The van der Waals surface area contributed by atoms with Crippen molar-refractivity contribution in [2.24, 2.45) is 0 Å². The number of rotatable bonds is 3. The van der Waals surface area contributed by atoms with Crippen LogP contribution in [-0.2, 0) is 6.42 Å². The minimum atomic E-state index is -0.330. The van der Waals surface area contributed by atoms with Gasteiger partial charge in [0.1, 0.15) is 11.6 Å². The number of nitrogens with one attached hydrogen (secondary N) is 1. The van der Waals surface area contributed by atoms with Crippen molar-refractivity contribution in [1.82, 2.24) is 20.1 Å². The van der Waals surface area contributed by atoms with E-state index >= 15 is 0 Å². The zero-order valence-electron chi connectivity index (χ0n) is 13.0. The van der Waals surface area contributed by atoms with Gasteiger partial charge in [-0.25, -0.2) is 9.37 Å². The average Bonchev–Trinajstić information content (AvgIpc) is 2.94. The standard InChI is InChI=1S/C16H15FN4O2/c1-8-4-5-11(6-13(8)17)15-20-14(23-21-15)7-12-9(2)18-10(3)19-16(12)22/h4-6H,7H2,1-3H3,(H,18,19,22). The first-order valence-corrected chi connectivity index (χ1v) is 7.09. The molecule has 23 heavy (non-hydrogen) atoms. The molecule has 0 atom stereocenters. The third-order valence-corrected chi connectivity index (χ3v) is 3.57. The highest BCUT2D eigenvalue weighted by Crippen LogP contribution is 2.19. The molecule has 0 fully saturated rings. The molecular weight excluding hydrogens is 299 g/mol. The SMILES string of the molecule is Cc1nc(C)c(Cc2nc(-c3ccc(C)c(F)c3)no2)c(=O)[nH]1. The third kappa shape index (κ3) is 3.03. The molecule has 0 aliphatic rings. The number of benzene rings is 1. The van der Waals surface area contributed by atoms with Gasteiger partial charge >= 0.3 is 0 Å². The molecule has 2 aromatic heterocycles. The first kappa shape index (κ1) is 15.1. The van der Waals surface area contributed by atoms with E-state index in [0.717, 1.165) is 0 Å². The Morgan fingerprint density at radius 1 is 1.22 bits per heavy atom. The Labute approximate surface area is 131 Å². The molecule has 118 valence electrons. The molecule has 1 N–H and O–H groups in total. The van der Waals surface area contributed by atoms with E-state index < -0.39 is 0 Å². The Morgan fingerprint density at radius 2 is 2.00 bits per heavy atom. The van der Waals surface area contributed by atoms with Crippen LogP contribution in [0.3, 0.4) is 0 Å². The van der Waals surface area contributed by atoms with E-state index in [-0.39, 0.29) is 29.5 Å². The van der Waals surface area contributed by atoms with Gasteiger partial charge < -0.3 is 9.51 Å². The Balaban J connectivity index is 1.91. The molecular formula is C16H15FN4O2. The summed E-state index contributed by atoms with van der Waals surface area (Å²) in [6, 6.07) is 4.73. The minimum Gasteiger partial charge on any atom is -0.339 e. The Hall–Kier alpha value is -2.83. The van der Waals surface area contributed by atoms with Gasteiger partial charge in [-0.2, -0.15) is 4.98 Å². The highest BCUT2D eigenvalue weighted by molar-refractivity contribution is 5.55. The van der Waals surface area contributed by atoms with Gasteiger partial charge in [-0.05, 0) is 32.4 Å². The number of hydrogen-bond acceptors (Lipinski definition) is 5. The zero-order valence-corrected chi connectivity index (χ0v) is 13.0. The van der Waals surface area contributed by atoms with Gasteiger partial charge in [0.05, 0.1) is 6.42 Å². The summed E-state index contributed by atoms with van der Waals surface area (Å²) in [6.07, 6.45) is 0.176. The molecule has 2 heterocycles. The van der Waals surface area contributed by atoms with Crippen LogP contribution in [0.2, 0.25) is 0 Å². The summed E-state index contributed by atoms with van der Waals surface area (Å²) >= 11 is 0. The summed E-state index contributed by atoms with van der Waals surface area (Å²) in [5.41, 5.74) is 1.94. The molecule has 3 aromatic rings. The van der Waals surface area contributed by atoms with E-state index in [9.17, 15) is 9.18 Å². The predicted octanol–water partition coefficient (Wildman–Crippen LogP) is 2.48. The van der Waals surface area contributed by atoms with Gasteiger partial charge in [-0.3, -0.25) is 4.79 Å². The van der Waals surface area contributed by atoms with Crippen molar-refractivity contribution in [3.05, 3.63) is 62.9 Å². The highest BCUT2D eigenvalue weighted by atomic mass is 19.1. The predicted molar refractivity (Wildman–Crippen MR) is 81.6 cm³/mol. The van der Waals surface area contributed by atoms with Gasteiger partial charge in [-0.1, -0.05) is 17.3 Å². The molecule has 7 heteroatoms. The first-order chi connectivity index (χ1) is 10.9. The molecule has 0 bridgehead atoms. The Morgan fingerprint density at radius 3 is 2.70 bits per heavy atom. The fourth-order valence-electron chi connectivity index (χ4n) is 2.29. The monoisotopic (exact) mass is 314 g/mol. The number of halogens is 1. The summed E-state index contributed by atoms with van der Waals surface area (Å²) in [5, 5.41) is 3.84. The highest BCUT2D eigenvalue weighted by Gasteiger charge is 2.14. The molecule has 0 saturated carbocycles. The number of aryl methyl sites for hydroxylation is 3. The number of aromatic amines is 1. The summed E-state index contributed by atoms with van der Waals surface area (Å²) < 4.78 is 18.8. The van der Waals surface area contributed by atoms with E-state index in [4.69, 9.17) is 4.52 Å². The van der Waals surface area contributed by atoms with Crippen molar-refractivity contribution < 1.29 is 8.91 Å². The zero-order chi connectivity index (χ0) is 16.6. The second kappa shape index (κ2) is 5.75. The smallest absolute Gasteiger partial charge is 0.254 e. The van der Waals surface area contributed by atoms with Crippen LogP contribution in [0.25, 0.3) is 11.4 Å². The molecule has 0 saturated heterocycles. The molecule has 0 unspecified atom stereocenters. The first-order valence-electron chi connectivity index (χ1n) is 7.09. The van der Waals surface area contributed by atoms with Crippen LogP contribution < -0.4 is 5.56 Å². The summed E-state index contributed by atoms with van der Waals surface area (Å²) in [7, 11) is 0. The average molecular weight is 314 g/mol. The number of H-pyrrole nitrogens is 1. The molecule has 6 nitrogen and oxygen atoms in total. The number of nitrogens with zero attached hydrogens (tertiary/aromatic N) is 3. The fourth-order valence-corrected chi connectivity index (χ4v) is 2.29. The van der Waals surface area contributed by atoms with E-state index in [0.29, 0.717) is 28.2 Å². The molecule has 3 rings (SSSR count). The van der Waals surface area contributed by atoms with Crippen molar-refractivity contribution in [3.63, 3.8) is 0 Å². The maximum Gasteiger partial charge on any atom is 0.254 e. The quantitative estimate of drug-likeness (QED) is 0.803. The molecule has 1 aromatic carbocycles. The van der Waals surface area contributed by atoms with Crippen LogP contribution in [-0.4, -0.2) is 20.1 Å². The molecule has 0 aliphatic carbocycles. The fraction of sp³-hybridized carbons (Fsp3) is 0.250. The van der Waals surface area contributed by atoms with Crippen LogP contribution in [0.15, 0.2) is 27.5 Å². The molecule has 0 aliphatic heterocycles. The Bertz CT molecular complexity index is 930. The van der Waals surface area contributed by atoms with Crippen molar-refractivity contribution >= 4 is 0 Å². The number of hydrogen-bond donors (Lipinski definition) is 1. The lowest BCUT2D eigenvalue weighted by atomic mass is 10.1. The van der Waals surface area contributed by atoms with E-state index in [1.165, 1.54) is 6.07 Å². The van der Waals surface area contributed by atoms with Gasteiger partial charge in [-0.15, -0.1) is 0 Å². The summed E-state index contributed by atoms with van der Waals surface area (Å²) in [5.74, 6) is 0.787. The molecule has 0 spiro atoms. The van der Waals surface area contributed by atoms with Gasteiger partial charge in [0.25, 0.3) is 5.56 Å². The third-order valence-electron chi connectivity index (χ3n) is 3.57. The topological polar surface area (TPSA) is 84.7 Å². The second-order valence-corrected chi connectivity index (χ2v) is 5.37. The lowest BCUT2D eigenvalue weighted by Gasteiger charge is -2.02. The Kier molecular flexibility index (Phi) is 3.77. The van der Waals surface area contributed by atoms with Gasteiger partial charge in [0, 0.05) is 16.8 Å². The van der Waals surface area contributed by atoms with Crippen LogP contribution in [0, 0.1) is 26.6 Å². The van der Waals surface area contributed by atoms with Crippen LogP contribution in [0.4, 0.5) is 4.39 Å².